The van der Waals surface area contributed by atoms with Crippen LogP contribution in [0.25, 0.3) is 0 Å². The van der Waals surface area contributed by atoms with Crippen LogP contribution in [0.3, 0.4) is 0 Å². The first-order valence-electron chi connectivity index (χ1n) is 16.0. The Bertz CT molecular complexity index is 907. The first-order chi connectivity index (χ1) is 19.5. The highest BCUT2D eigenvalue weighted by Crippen LogP contribution is 2.41. The Kier molecular flexibility index (Phi) is 14.0. The van der Waals surface area contributed by atoms with Gasteiger partial charge in [0.15, 0.2) is 0 Å². The predicted octanol–water partition coefficient (Wildman–Crippen LogP) is 6.28. The summed E-state index contributed by atoms with van der Waals surface area (Å²) < 4.78 is 5.41. The first kappa shape index (κ1) is 32.1. The molecule has 1 aliphatic heterocycles. The lowest BCUT2D eigenvalue weighted by Crippen LogP contribution is -2.57. The van der Waals surface area contributed by atoms with Crippen LogP contribution >= 0.6 is 0 Å². The molecule has 0 radical (unpaired) electrons. The van der Waals surface area contributed by atoms with Crippen molar-refractivity contribution in [1.29, 1.82) is 0 Å². The first-order valence-corrected chi connectivity index (χ1v) is 16.0. The summed E-state index contributed by atoms with van der Waals surface area (Å²) >= 11 is 0. The molecule has 2 N–H and O–H groups in total. The van der Waals surface area contributed by atoms with Gasteiger partial charge in [0.1, 0.15) is 12.1 Å². The normalized spacial score (nSPS) is 21.6. The van der Waals surface area contributed by atoms with Crippen molar-refractivity contribution < 1.29 is 24.2 Å². The molecule has 1 saturated carbocycles. The third kappa shape index (κ3) is 9.60. The topological polar surface area (TPSA) is 95.9 Å². The molecule has 1 saturated heterocycles. The lowest BCUT2D eigenvalue weighted by atomic mass is 10.00. The number of unbranched alkanes of at least 4 members (excludes halogenated alkanes) is 9. The summed E-state index contributed by atoms with van der Waals surface area (Å²) in [5.74, 6) is -1.23. The summed E-state index contributed by atoms with van der Waals surface area (Å²) in [4.78, 5) is 40.9. The van der Waals surface area contributed by atoms with Gasteiger partial charge >= 0.3 is 11.9 Å². The molecule has 5 atom stereocenters. The van der Waals surface area contributed by atoms with Crippen LogP contribution in [0.5, 0.6) is 0 Å². The Balaban J connectivity index is 1.65. The number of carboxylic acids is 1. The van der Waals surface area contributed by atoms with Gasteiger partial charge in [0.05, 0.1) is 12.6 Å². The van der Waals surface area contributed by atoms with E-state index in [1.807, 2.05) is 30.3 Å². The third-order valence-corrected chi connectivity index (χ3v) is 8.78. The number of likely N-dealkylation sites (tertiary alicyclic amines) is 1. The number of hydrogen-bond donors (Lipinski definition) is 2. The van der Waals surface area contributed by atoms with Gasteiger partial charge in [-0.15, -0.1) is 0 Å². The number of esters is 1. The lowest BCUT2D eigenvalue weighted by molar-refractivity contribution is -0.152. The van der Waals surface area contributed by atoms with Gasteiger partial charge in [-0.1, -0.05) is 108 Å². The van der Waals surface area contributed by atoms with Crippen molar-refractivity contribution in [3.05, 3.63) is 35.9 Å². The van der Waals surface area contributed by atoms with Crippen LogP contribution < -0.4 is 5.32 Å². The molecule has 7 nitrogen and oxygen atoms in total. The van der Waals surface area contributed by atoms with E-state index < -0.39 is 24.1 Å². The number of aliphatic carboxylic acids is 1. The molecular weight excluding hydrogens is 504 g/mol. The van der Waals surface area contributed by atoms with Crippen molar-refractivity contribution in [1.82, 2.24) is 10.2 Å². The van der Waals surface area contributed by atoms with Gasteiger partial charge in [-0.2, -0.15) is 0 Å². The fourth-order valence-corrected chi connectivity index (χ4v) is 6.66. The number of fused-ring (bicyclic) bond motifs is 1. The number of nitrogens with one attached hydrogen (secondary N) is 1. The number of carboxylic acid groups (broad SMARTS) is 1. The molecule has 0 bridgehead atoms. The van der Waals surface area contributed by atoms with Crippen LogP contribution in [0, 0.1) is 5.92 Å². The van der Waals surface area contributed by atoms with E-state index in [2.05, 4.69) is 12.2 Å². The van der Waals surface area contributed by atoms with E-state index in [1.165, 1.54) is 44.9 Å². The molecule has 1 amide bonds. The summed E-state index contributed by atoms with van der Waals surface area (Å²) in [5, 5.41) is 13.3. The standard InChI is InChI=1S/C33H52N2O5/c1-3-5-6-7-8-9-10-11-12-16-21-27(33(39)40-4-2)34-28(23-25-18-14-13-15-19-25)31(36)35-29-22-17-20-26(29)24-30(35)32(37)38/h13-15,18-19,26-30,34H,3-12,16-17,20-24H2,1-2H3,(H,37,38)/t26-,27-,28-,29-,30-/m0/s1. The molecule has 0 spiro atoms. The zero-order valence-electron chi connectivity index (χ0n) is 24.8. The smallest absolute Gasteiger partial charge is 0.326 e. The summed E-state index contributed by atoms with van der Waals surface area (Å²) in [7, 11) is 0. The highest BCUT2D eigenvalue weighted by Gasteiger charge is 2.50. The summed E-state index contributed by atoms with van der Waals surface area (Å²) in [6.07, 6.45) is 16.4. The molecular formula is C33H52N2O5. The largest absolute Gasteiger partial charge is 0.480 e. The van der Waals surface area contributed by atoms with Crippen LogP contribution in [0.4, 0.5) is 0 Å². The summed E-state index contributed by atoms with van der Waals surface area (Å²) in [6.45, 7) is 4.32. The Labute approximate surface area is 241 Å². The SMILES string of the molecule is CCCCCCCCCCCC[C@H](N[C@@H](Cc1ccccc1)C(=O)N1[C@H](C(=O)O)C[C@@H]2CCC[C@@H]21)C(=O)OCC. The van der Waals surface area contributed by atoms with Crippen molar-refractivity contribution in [2.24, 2.45) is 5.92 Å². The molecule has 3 rings (SSSR count). The number of carbonyl (C=O) groups is 3. The number of nitrogens with zero attached hydrogens (tertiary/aromatic N) is 1. The number of hydrogen-bond acceptors (Lipinski definition) is 5. The Morgan fingerprint density at radius 2 is 1.57 bits per heavy atom. The average Bonchev–Trinajstić information content (AvgIpc) is 3.55. The second-order valence-corrected chi connectivity index (χ2v) is 11.8. The van der Waals surface area contributed by atoms with Crippen LogP contribution in [-0.4, -0.2) is 58.6 Å². The van der Waals surface area contributed by atoms with E-state index in [9.17, 15) is 19.5 Å². The second-order valence-electron chi connectivity index (χ2n) is 11.8. The minimum Gasteiger partial charge on any atom is -0.480 e. The van der Waals surface area contributed by atoms with Crippen LogP contribution in [-0.2, 0) is 25.5 Å². The van der Waals surface area contributed by atoms with E-state index in [0.29, 0.717) is 19.3 Å². The van der Waals surface area contributed by atoms with Gasteiger partial charge < -0.3 is 14.7 Å². The van der Waals surface area contributed by atoms with Gasteiger partial charge in [0.25, 0.3) is 0 Å². The molecule has 40 heavy (non-hydrogen) atoms. The zero-order chi connectivity index (χ0) is 28.7. The fourth-order valence-electron chi connectivity index (χ4n) is 6.66. The Morgan fingerprint density at radius 3 is 2.20 bits per heavy atom. The number of amides is 1. The number of rotatable bonds is 19. The van der Waals surface area contributed by atoms with Crippen LogP contribution in [0.15, 0.2) is 30.3 Å². The molecule has 0 aromatic heterocycles. The van der Waals surface area contributed by atoms with E-state index in [4.69, 9.17) is 4.74 Å². The maximum Gasteiger partial charge on any atom is 0.326 e. The molecule has 2 fully saturated rings. The second kappa shape index (κ2) is 17.4. The molecule has 224 valence electrons. The van der Waals surface area contributed by atoms with E-state index in [1.54, 1.807) is 11.8 Å². The van der Waals surface area contributed by atoms with Gasteiger partial charge in [0, 0.05) is 6.04 Å². The van der Waals surface area contributed by atoms with Crippen molar-refractivity contribution in [3.63, 3.8) is 0 Å². The minimum atomic E-state index is -0.937. The summed E-state index contributed by atoms with van der Waals surface area (Å²) in [6, 6.07) is 7.63. The quantitative estimate of drug-likeness (QED) is 0.154. The molecule has 0 unspecified atom stereocenters. The average molecular weight is 557 g/mol. The van der Waals surface area contributed by atoms with E-state index in [0.717, 1.165) is 44.1 Å². The van der Waals surface area contributed by atoms with Crippen molar-refractivity contribution in [2.75, 3.05) is 6.61 Å². The molecule has 1 aromatic rings. The molecule has 1 aromatic carbocycles. The molecule has 2 aliphatic rings. The number of carbonyl (C=O) groups excluding carboxylic acids is 2. The monoisotopic (exact) mass is 556 g/mol. The summed E-state index contributed by atoms with van der Waals surface area (Å²) in [5.41, 5.74) is 0.976. The molecule has 1 aliphatic carbocycles. The van der Waals surface area contributed by atoms with Crippen molar-refractivity contribution >= 4 is 17.8 Å². The minimum absolute atomic E-state index is 0.0308. The Morgan fingerprint density at radius 1 is 0.925 bits per heavy atom. The third-order valence-electron chi connectivity index (χ3n) is 8.78. The van der Waals surface area contributed by atoms with Gasteiger partial charge in [0.2, 0.25) is 5.91 Å². The molecule has 7 heteroatoms. The fraction of sp³-hybridized carbons (Fsp3) is 0.727. The maximum absolute atomic E-state index is 14.1. The highest BCUT2D eigenvalue weighted by atomic mass is 16.5. The number of ether oxygens (including phenoxy) is 1. The Hall–Kier alpha value is -2.41. The number of benzene rings is 1. The predicted molar refractivity (Wildman–Crippen MR) is 158 cm³/mol. The van der Waals surface area contributed by atoms with Gasteiger partial charge in [-0.05, 0) is 50.5 Å². The van der Waals surface area contributed by atoms with E-state index in [-0.39, 0.29) is 30.4 Å². The van der Waals surface area contributed by atoms with E-state index >= 15 is 0 Å². The van der Waals surface area contributed by atoms with Gasteiger partial charge in [-0.3, -0.25) is 14.9 Å². The highest BCUT2D eigenvalue weighted by molar-refractivity contribution is 5.89. The van der Waals surface area contributed by atoms with Crippen molar-refractivity contribution in [3.8, 4) is 0 Å². The van der Waals surface area contributed by atoms with Crippen LogP contribution in [0.2, 0.25) is 0 Å². The van der Waals surface area contributed by atoms with Crippen LogP contribution in [0.1, 0.15) is 116 Å². The zero-order valence-corrected chi connectivity index (χ0v) is 24.8. The van der Waals surface area contributed by atoms with Crippen molar-refractivity contribution in [2.45, 2.75) is 141 Å². The maximum atomic E-state index is 14.1. The lowest BCUT2D eigenvalue weighted by Gasteiger charge is -2.33. The molecule has 1 heterocycles. The van der Waals surface area contributed by atoms with Gasteiger partial charge in [-0.25, -0.2) is 4.79 Å².